The summed E-state index contributed by atoms with van der Waals surface area (Å²) in [4.78, 5) is 7.29. The molecule has 0 aliphatic heterocycles. The summed E-state index contributed by atoms with van der Waals surface area (Å²) in [6, 6.07) is 0.888. The first-order valence-corrected chi connectivity index (χ1v) is 7.19. The van der Waals surface area contributed by atoms with E-state index >= 15 is 0 Å². The highest BCUT2D eigenvalue weighted by Crippen LogP contribution is 2.29. The molecular formula is C11H17F3N4OS. The van der Waals surface area contributed by atoms with E-state index in [9.17, 15) is 13.2 Å². The number of hydrogen-bond donors (Lipinski definition) is 3. The van der Waals surface area contributed by atoms with E-state index in [0.717, 1.165) is 17.6 Å². The molecule has 1 heterocycles. The maximum Gasteiger partial charge on any atom is 0.433 e. The summed E-state index contributed by atoms with van der Waals surface area (Å²) in [6.45, 7) is 0.639. The molecule has 0 radical (unpaired) electrons. The van der Waals surface area contributed by atoms with E-state index in [-0.39, 0.29) is 18.4 Å². The van der Waals surface area contributed by atoms with Gasteiger partial charge in [-0.25, -0.2) is 4.98 Å². The van der Waals surface area contributed by atoms with Gasteiger partial charge >= 0.3 is 6.18 Å². The van der Waals surface area contributed by atoms with Crippen LogP contribution in [0.2, 0.25) is 0 Å². The molecule has 20 heavy (non-hydrogen) atoms. The zero-order chi connectivity index (χ0) is 15.0. The summed E-state index contributed by atoms with van der Waals surface area (Å²) in [6.07, 6.45) is -3.79. The number of aliphatic hydroxyl groups excluding tert-OH is 1. The normalized spacial score (nSPS) is 11.4. The molecule has 0 spiro atoms. The number of anilines is 2. The van der Waals surface area contributed by atoms with E-state index in [1.807, 2.05) is 0 Å². The number of rotatable bonds is 8. The van der Waals surface area contributed by atoms with Crippen molar-refractivity contribution in [2.75, 3.05) is 42.3 Å². The third kappa shape index (κ3) is 5.83. The Kier molecular flexibility index (Phi) is 6.86. The summed E-state index contributed by atoms with van der Waals surface area (Å²) in [5, 5.41) is 13.9. The number of alkyl halides is 3. The SMILES string of the molecule is CNc1nc(NCCSCCCO)cc(C(F)(F)F)n1. The van der Waals surface area contributed by atoms with Crippen LogP contribution in [0.15, 0.2) is 6.07 Å². The molecule has 0 aliphatic rings. The number of thioether (sulfide) groups is 1. The Labute approximate surface area is 119 Å². The minimum Gasteiger partial charge on any atom is -0.396 e. The lowest BCUT2D eigenvalue weighted by Gasteiger charge is -2.11. The second-order valence-corrected chi connectivity index (χ2v) is 5.05. The van der Waals surface area contributed by atoms with Crippen LogP contribution in [0.3, 0.4) is 0 Å². The fraction of sp³-hybridized carbons (Fsp3) is 0.636. The molecule has 114 valence electrons. The van der Waals surface area contributed by atoms with E-state index in [1.165, 1.54) is 7.05 Å². The highest BCUT2D eigenvalue weighted by molar-refractivity contribution is 7.99. The Bertz CT molecular complexity index is 417. The average Bonchev–Trinajstić information content (AvgIpc) is 2.41. The monoisotopic (exact) mass is 310 g/mol. The van der Waals surface area contributed by atoms with Crippen molar-refractivity contribution in [3.05, 3.63) is 11.8 Å². The van der Waals surface area contributed by atoms with Gasteiger partial charge < -0.3 is 15.7 Å². The second kappa shape index (κ2) is 8.15. The van der Waals surface area contributed by atoms with Crippen molar-refractivity contribution >= 4 is 23.5 Å². The number of nitrogens with zero attached hydrogens (tertiary/aromatic N) is 2. The van der Waals surface area contributed by atoms with Gasteiger partial charge in [-0.15, -0.1) is 0 Å². The van der Waals surface area contributed by atoms with Gasteiger partial charge in [-0.3, -0.25) is 0 Å². The molecule has 9 heteroatoms. The van der Waals surface area contributed by atoms with E-state index in [4.69, 9.17) is 5.11 Å². The van der Waals surface area contributed by atoms with E-state index in [0.29, 0.717) is 13.0 Å². The van der Waals surface area contributed by atoms with Crippen molar-refractivity contribution in [1.29, 1.82) is 0 Å². The first kappa shape index (κ1) is 16.8. The molecule has 1 aromatic rings. The molecule has 0 fully saturated rings. The highest BCUT2D eigenvalue weighted by atomic mass is 32.2. The molecule has 0 amide bonds. The van der Waals surface area contributed by atoms with Crippen LogP contribution < -0.4 is 10.6 Å². The maximum absolute atomic E-state index is 12.6. The predicted octanol–water partition coefficient (Wildman–Crippen LogP) is 2.06. The quantitative estimate of drug-likeness (QED) is 0.639. The molecule has 0 atom stereocenters. The lowest BCUT2D eigenvalue weighted by Crippen LogP contribution is -2.14. The van der Waals surface area contributed by atoms with Crippen molar-refractivity contribution < 1.29 is 18.3 Å². The van der Waals surface area contributed by atoms with Crippen molar-refractivity contribution in [3.63, 3.8) is 0 Å². The summed E-state index contributed by atoms with van der Waals surface area (Å²) in [7, 11) is 1.46. The first-order valence-electron chi connectivity index (χ1n) is 6.04. The number of halogens is 3. The Morgan fingerprint density at radius 3 is 2.65 bits per heavy atom. The minimum atomic E-state index is -4.50. The van der Waals surface area contributed by atoms with Gasteiger partial charge in [0.1, 0.15) is 5.82 Å². The van der Waals surface area contributed by atoms with Gasteiger partial charge in [0, 0.05) is 32.0 Å². The van der Waals surface area contributed by atoms with Crippen LogP contribution in [0.5, 0.6) is 0 Å². The van der Waals surface area contributed by atoms with Gasteiger partial charge in [0.05, 0.1) is 0 Å². The summed E-state index contributed by atoms with van der Waals surface area (Å²) >= 11 is 1.61. The summed E-state index contributed by atoms with van der Waals surface area (Å²) in [5.74, 6) is 1.60. The standard InChI is InChI=1S/C11H17F3N4OS/c1-15-10-17-8(11(12,13)14)7-9(18-10)16-3-6-20-5-2-4-19/h7,19H,2-6H2,1H3,(H2,15,16,17,18). The zero-order valence-electron chi connectivity index (χ0n) is 11.0. The maximum atomic E-state index is 12.6. The lowest BCUT2D eigenvalue weighted by molar-refractivity contribution is -0.141. The Balaban J connectivity index is 2.56. The van der Waals surface area contributed by atoms with Crippen molar-refractivity contribution in [2.24, 2.45) is 0 Å². The molecular weight excluding hydrogens is 293 g/mol. The fourth-order valence-corrected chi connectivity index (χ4v) is 2.10. The van der Waals surface area contributed by atoms with Crippen molar-refractivity contribution in [1.82, 2.24) is 9.97 Å². The zero-order valence-corrected chi connectivity index (χ0v) is 11.8. The van der Waals surface area contributed by atoms with E-state index in [1.54, 1.807) is 11.8 Å². The van der Waals surface area contributed by atoms with Crippen LogP contribution in [0.25, 0.3) is 0 Å². The number of hydrogen-bond acceptors (Lipinski definition) is 6. The van der Waals surface area contributed by atoms with E-state index in [2.05, 4.69) is 20.6 Å². The molecule has 0 bridgehead atoms. The highest BCUT2D eigenvalue weighted by Gasteiger charge is 2.33. The van der Waals surface area contributed by atoms with Crippen LogP contribution in [0.4, 0.5) is 24.9 Å². The topological polar surface area (TPSA) is 70.1 Å². The number of aromatic nitrogens is 2. The molecule has 0 aromatic carbocycles. The minimum absolute atomic E-state index is 0.0738. The van der Waals surface area contributed by atoms with Crippen molar-refractivity contribution in [3.8, 4) is 0 Å². The summed E-state index contributed by atoms with van der Waals surface area (Å²) in [5.41, 5.74) is -0.979. The molecule has 0 saturated heterocycles. The van der Waals surface area contributed by atoms with E-state index < -0.39 is 11.9 Å². The smallest absolute Gasteiger partial charge is 0.396 e. The van der Waals surface area contributed by atoms with Gasteiger partial charge in [-0.2, -0.15) is 29.9 Å². The predicted molar refractivity (Wildman–Crippen MR) is 74.1 cm³/mol. The first-order chi connectivity index (χ1) is 9.47. The van der Waals surface area contributed by atoms with Crippen LogP contribution in [-0.4, -0.2) is 46.8 Å². The second-order valence-electron chi connectivity index (χ2n) is 3.83. The molecule has 0 aliphatic carbocycles. The molecule has 3 N–H and O–H groups in total. The largest absolute Gasteiger partial charge is 0.433 e. The third-order valence-electron chi connectivity index (χ3n) is 2.24. The number of aliphatic hydroxyl groups is 1. The fourth-order valence-electron chi connectivity index (χ4n) is 1.31. The third-order valence-corrected chi connectivity index (χ3v) is 3.31. The lowest BCUT2D eigenvalue weighted by atomic mass is 10.4. The van der Waals surface area contributed by atoms with Crippen LogP contribution in [-0.2, 0) is 6.18 Å². The molecule has 5 nitrogen and oxygen atoms in total. The van der Waals surface area contributed by atoms with Gasteiger partial charge in [0.2, 0.25) is 5.95 Å². The Morgan fingerprint density at radius 1 is 1.30 bits per heavy atom. The molecule has 1 rings (SSSR count). The van der Waals surface area contributed by atoms with Gasteiger partial charge in [0.25, 0.3) is 0 Å². The average molecular weight is 310 g/mol. The van der Waals surface area contributed by atoms with Gasteiger partial charge in [-0.1, -0.05) is 0 Å². The van der Waals surface area contributed by atoms with Gasteiger partial charge in [0.15, 0.2) is 5.69 Å². The molecule has 0 saturated carbocycles. The Morgan fingerprint density at radius 2 is 2.05 bits per heavy atom. The van der Waals surface area contributed by atoms with Crippen molar-refractivity contribution in [2.45, 2.75) is 12.6 Å². The molecule has 1 aromatic heterocycles. The van der Waals surface area contributed by atoms with Crippen LogP contribution in [0.1, 0.15) is 12.1 Å². The van der Waals surface area contributed by atoms with Crippen LogP contribution >= 0.6 is 11.8 Å². The number of nitrogens with one attached hydrogen (secondary N) is 2. The molecule has 0 unspecified atom stereocenters. The van der Waals surface area contributed by atoms with Crippen LogP contribution in [0, 0.1) is 0 Å². The van der Waals surface area contributed by atoms with Gasteiger partial charge in [-0.05, 0) is 12.2 Å². The summed E-state index contributed by atoms with van der Waals surface area (Å²) < 4.78 is 37.9. The Hall–Kier alpha value is -1.22.